The Morgan fingerprint density at radius 2 is 1.67 bits per heavy atom. The lowest BCUT2D eigenvalue weighted by molar-refractivity contribution is 0.0286. The van der Waals surface area contributed by atoms with Crippen LogP contribution in [-0.4, -0.2) is 51.6 Å². The smallest absolute Gasteiger partial charge is 0.0701 e. The van der Waals surface area contributed by atoms with E-state index in [0.717, 1.165) is 24.5 Å². The van der Waals surface area contributed by atoms with Crippen LogP contribution >= 0.6 is 11.8 Å². The van der Waals surface area contributed by atoms with Gasteiger partial charge in [0.15, 0.2) is 0 Å². The summed E-state index contributed by atoms with van der Waals surface area (Å²) in [6, 6.07) is 0. The summed E-state index contributed by atoms with van der Waals surface area (Å²) in [5, 5.41) is 0. The fourth-order valence-electron chi connectivity index (χ4n) is 0.851. The van der Waals surface area contributed by atoms with Crippen molar-refractivity contribution in [3.63, 3.8) is 0 Å². The van der Waals surface area contributed by atoms with Gasteiger partial charge < -0.3 is 14.2 Å². The van der Waals surface area contributed by atoms with Gasteiger partial charge in [-0.3, -0.25) is 0 Å². The highest BCUT2D eigenvalue weighted by atomic mass is 32.2. The Kier molecular flexibility index (Phi) is 13.9. The highest BCUT2D eigenvalue weighted by molar-refractivity contribution is 7.99. The van der Waals surface area contributed by atoms with Crippen molar-refractivity contribution in [3.8, 4) is 0 Å². The lowest BCUT2D eigenvalue weighted by atomic mass is 10.5. The minimum atomic E-state index is 0.647. The molecule has 0 aliphatic heterocycles. The van der Waals surface area contributed by atoms with Crippen molar-refractivity contribution in [2.24, 2.45) is 0 Å². The van der Waals surface area contributed by atoms with E-state index in [4.69, 9.17) is 14.2 Å². The molecule has 0 saturated carbocycles. The first kappa shape index (κ1) is 15.0. The number of methoxy groups -OCH3 is 1. The molecule has 0 aromatic heterocycles. The molecule has 0 heterocycles. The third-order valence-electron chi connectivity index (χ3n) is 1.64. The minimum Gasteiger partial charge on any atom is -0.382 e. The second-order valence-electron chi connectivity index (χ2n) is 2.91. The molecule has 15 heavy (non-hydrogen) atoms. The predicted octanol–water partition coefficient (Wildman–Crippen LogP) is 1.98. The fourth-order valence-corrected chi connectivity index (χ4v) is 1.62. The number of hydrogen-bond acceptors (Lipinski definition) is 4. The van der Waals surface area contributed by atoms with Crippen molar-refractivity contribution in [3.05, 3.63) is 12.7 Å². The molecular formula is C11H22O3S. The van der Waals surface area contributed by atoms with E-state index in [1.807, 2.05) is 17.8 Å². The Labute approximate surface area is 97.2 Å². The standard InChI is InChI=1S/C11H22O3S/c1-3-4-10-15-11-9-14-8-7-13-6-5-12-2/h3H,1,4-11H2,2H3. The zero-order valence-corrected chi connectivity index (χ0v) is 10.4. The Balaban J connectivity index is 2.83. The van der Waals surface area contributed by atoms with E-state index >= 15 is 0 Å². The van der Waals surface area contributed by atoms with Crippen LogP contribution in [0, 0.1) is 0 Å². The maximum absolute atomic E-state index is 5.38. The Bertz CT molecular complexity index is 131. The molecule has 0 aromatic rings. The second kappa shape index (κ2) is 14.0. The third-order valence-corrected chi connectivity index (χ3v) is 2.62. The molecule has 0 atom stereocenters. The number of rotatable bonds is 12. The summed E-state index contributed by atoms with van der Waals surface area (Å²) >= 11 is 1.89. The van der Waals surface area contributed by atoms with Crippen LogP contribution < -0.4 is 0 Å². The van der Waals surface area contributed by atoms with E-state index in [1.54, 1.807) is 7.11 Å². The van der Waals surface area contributed by atoms with Crippen molar-refractivity contribution in [2.75, 3.05) is 51.6 Å². The van der Waals surface area contributed by atoms with E-state index in [-0.39, 0.29) is 0 Å². The van der Waals surface area contributed by atoms with Gasteiger partial charge in [-0.1, -0.05) is 6.08 Å². The molecule has 0 N–H and O–H groups in total. The average molecular weight is 234 g/mol. The molecule has 0 spiro atoms. The molecule has 0 radical (unpaired) electrons. The van der Waals surface area contributed by atoms with Crippen LogP contribution in [0.1, 0.15) is 6.42 Å². The van der Waals surface area contributed by atoms with E-state index in [0.29, 0.717) is 26.4 Å². The topological polar surface area (TPSA) is 27.7 Å². The average Bonchev–Trinajstić information content (AvgIpc) is 2.26. The zero-order valence-electron chi connectivity index (χ0n) is 9.57. The van der Waals surface area contributed by atoms with Crippen molar-refractivity contribution >= 4 is 11.8 Å². The summed E-state index contributed by atoms with van der Waals surface area (Å²) in [5.74, 6) is 2.18. The molecule has 0 saturated heterocycles. The van der Waals surface area contributed by atoms with Gasteiger partial charge in [0.25, 0.3) is 0 Å². The van der Waals surface area contributed by atoms with Crippen molar-refractivity contribution in [1.29, 1.82) is 0 Å². The Morgan fingerprint density at radius 1 is 1.00 bits per heavy atom. The van der Waals surface area contributed by atoms with Crippen LogP contribution in [0.2, 0.25) is 0 Å². The van der Waals surface area contributed by atoms with Crippen molar-refractivity contribution < 1.29 is 14.2 Å². The normalized spacial score (nSPS) is 10.5. The molecule has 0 bridgehead atoms. The molecule has 0 rings (SSSR count). The van der Waals surface area contributed by atoms with E-state index in [1.165, 1.54) is 0 Å². The van der Waals surface area contributed by atoms with Crippen LogP contribution in [0.4, 0.5) is 0 Å². The lowest BCUT2D eigenvalue weighted by Crippen LogP contribution is -2.09. The fraction of sp³-hybridized carbons (Fsp3) is 0.818. The van der Waals surface area contributed by atoms with Gasteiger partial charge in [0.05, 0.1) is 33.0 Å². The number of thioether (sulfide) groups is 1. The van der Waals surface area contributed by atoms with Crippen molar-refractivity contribution in [1.82, 2.24) is 0 Å². The van der Waals surface area contributed by atoms with Gasteiger partial charge >= 0.3 is 0 Å². The van der Waals surface area contributed by atoms with Gasteiger partial charge in [0.2, 0.25) is 0 Å². The SMILES string of the molecule is C=CCCSCCOCCOCCOC. The molecule has 0 aliphatic rings. The first-order valence-corrected chi connectivity index (χ1v) is 6.40. The van der Waals surface area contributed by atoms with Gasteiger partial charge in [-0.2, -0.15) is 11.8 Å². The first-order valence-electron chi connectivity index (χ1n) is 5.25. The van der Waals surface area contributed by atoms with Crippen LogP contribution in [0.3, 0.4) is 0 Å². The van der Waals surface area contributed by atoms with Gasteiger partial charge in [-0.05, 0) is 12.2 Å². The molecule has 4 heteroatoms. The summed E-state index contributed by atoms with van der Waals surface area (Å²) in [5.41, 5.74) is 0. The van der Waals surface area contributed by atoms with E-state index in [2.05, 4.69) is 6.58 Å². The van der Waals surface area contributed by atoms with Gasteiger partial charge in [-0.15, -0.1) is 6.58 Å². The maximum Gasteiger partial charge on any atom is 0.0701 e. The van der Waals surface area contributed by atoms with E-state index < -0.39 is 0 Å². The van der Waals surface area contributed by atoms with Gasteiger partial charge in [0.1, 0.15) is 0 Å². The second-order valence-corrected chi connectivity index (χ2v) is 4.13. The molecule has 0 unspecified atom stereocenters. The first-order chi connectivity index (χ1) is 7.41. The van der Waals surface area contributed by atoms with Crippen molar-refractivity contribution in [2.45, 2.75) is 6.42 Å². The molecule has 0 aromatic carbocycles. The predicted molar refractivity (Wildman–Crippen MR) is 65.7 cm³/mol. The minimum absolute atomic E-state index is 0.647. The molecule has 3 nitrogen and oxygen atoms in total. The number of hydrogen-bond donors (Lipinski definition) is 0. The quantitative estimate of drug-likeness (QED) is 0.381. The van der Waals surface area contributed by atoms with Crippen LogP contribution in [0.15, 0.2) is 12.7 Å². The van der Waals surface area contributed by atoms with Crippen LogP contribution in [-0.2, 0) is 14.2 Å². The Hall–Kier alpha value is -0.0300. The summed E-state index contributed by atoms with van der Waals surface area (Å²) in [4.78, 5) is 0. The van der Waals surface area contributed by atoms with Crippen LogP contribution in [0.25, 0.3) is 0 Å². The summed E-state index contributed by atoms with van der Waals surface area (Å²) < 4.78 is 15.5. The van der Waals surface area contributed by atoms with Crippen LogP contribution in [0.5, 0.6) is 0 Å². The summed E-state index contributed by atoms with van der Waals surface area (Å²) in [6.45, 7) is 7.10. The highest BCUT2D eigenvalue weighted by Gasteiger charge is 1.91. The third kappa shape index (κ3) is 14.0. The molecule has 0 aliphatic carbocycles. The highest BCUT2D eigenvalue weighted by Crippen LogP contribution is 2.01. The Morgan fingerprint density at radius 3 is 2.33 bits per heavy atom. The molecular weight excluding hydrogens is 212 g/mol. The molecule has 0 fully saturated rings. The summed E-state index contributed by atoms with van der Waals surface area (Å²) in [6.07, 6.45) is 3.02. The number of ether oxygens (including phenoxy) is 3. The van der Waals surface area contributed by atoms with Gasteiger partial charge in [0, 0.05) is 12.9 Å². The largest absolute Gasteiger partial charge is 0.382 e. The van der Waals surface area contributed by atoms with E-state index in [9.17, 15) is 0 Å². The van der Waals surface area contributed by atoms with Gasteiger partial charge in [-0.25, -0.2) is 0 Å². The lowest BCUT2D eigenvalue weighted by Gasteiger charge is -2.05. The molecule has 90 valence electrons. The number of allylic oxidation sites excluding steroid dienone is 1. The summed E-state index contributed by atoms with van der Waals surface area (Å²) in [7, 11) is 1.67. The zero-order chi connectivity index (χ0) is 11.2. The monoisotopic (exact) mass is 234 g/mol. The maximum atomic E-state index is 5.38. The molecule has 0 amide bonds.